The molecule has 9 aromatic rings. The normalized spacial score (nSPS) is 13.0. The van der Waals surface area contributed by atoms with Crippen molar-refractivity contribution in [3.63, 3.8) is 0 Å². The van der Waals surface area contributed by atoms with Crippen LogP contribution in [0.2, 0.25) is 0 Å². The summed E-state index contributed by atoms with van der Waals surface area (Å²) in [5.74, 6) is -0.335. The van der Waals surface area contributed by atoms with Crippen LogP contribution in [0.3, 0.4) is 0 Å². The van der Waals surface area contributed by atoms with Gasteiger partial charge in [0.2, 0.25) is 0 Å². The number of hydrogen-bond donors (Lipinski definition) is 4. The highest BCUT2D eigenvalue weighted by Gasteiger charge is 2.27. The molecule has 0 aliphatic heterocycles. The zero-order valence-corrected chi connectivity index (χ0v) is 32.0. The number of benzene rings is 9. The van der Waals surface area contributed by atoms with E-state index in [0.29, 0.717) is 16.7 Å². The number of rotatable bonds is 4. The molecule has 9 aromatic carbocycles. The van der Waals surface area contributed by atoms with E-state index < -0.39 is 0 Å². The van der Waals surface area contributed by atoms with Crippen molar-refractivity contribution in [3.05, 3.63) is 143 Å². The van der Waals surface area contributed by atoms with Crippen molar-refractivity contribution in [1.29, 1.82) is 0 Å². The van der Waals surface area contributed by atoms with Crippen molar-refractivity contribution < 1.29 is 20.4 Å². The summed E-state index contributed by atoms with van der Waals surface area (Å²) >= 11 is 0. The van der Waals surface area contributed by atoms with Crippen LogP contribution in [-0.2, 0) is 12.8 Å². The Morgan fingerprint density at radius 2 is 0.857 bits per heavy atom. The van der Waals surface area contributed by atoms with Gasteiger partial charge in [-0.2, -0.15) is 0 Å². The molecule has 10 rings (SSSR count). The predicted octanol–water partition coefficient (Wildman–Crippen LogP) is 13.3. The molecule has 0 bridgehead atoms. The first kappa shape index (κ1) is 34.0. The molecular formula is C52H42O4. The van der Waals surface area contributed by atoms with Crippen LogP contribution in [0.1, 0.15) is 46.2 Å². The number of hydrogen-bond acceptors (Lipinski definition) is 4. The van der Waals surface area contributed by atoms with Crippen LogP contribution in [0.15, 0.2) is 109 Å². The van der Waals surface area contributed by atoms with Crippen molar-refractivity contribution >= 4 is 43.1 Å². The third-order valence-electron chi connectivity index (χ3n) is 12.8. The Bertz CT molecular complexity index is 3060. The lowest BCUT2D eigenvalue weighted by molar-refractivity contribution is 0.399. The third kappa shape index (κ3) is 4.85. The van der Waals surface area contributed by atoms with Crippen LogP contribution in [0.25, 0.3) is 87.6 Å². The second-order valence-electron chi connectivity index (χ2n) is 15.8. The van der Waals surface area contributed by atoms with E-state index in [0.717, 1.165) is 101 Å². The molecule has 0 spiro atoms. The molecule has 4 nitrogen and oxygen atoms in total. The minimum absolute atomic E-state index is 0.0390. The Morgan fingerprint density at radius 1 is 0.375 bits per heavy atom. The standard InChI is InChI=1S/C52H42O4/c1-27-28(2)44(49(53)29(3)43(27)37-15-13-31-9-5-7-11-35(31)25-37)39-21-17-33-20-24-42-40(22-18-34-19-23-41(39)46(33)47(34)42)45-30(4)50(54)48(52(56)51(45)55)38-16-14-32-10-6-8-12-36(32)26-38/h5,7,9,11,13-26,53-56H,6,8,10,12H2,1-4H3. The Kier molecular flexibility index (Phi) is 7.59. The maximum absolute atomic E-state index is 12.1. The number of phenolic OH excluding ortho intramolecular Hbond substituents is 4. The van der Waals surface area contributed by atoms with Gasteiger partial charge >= 0.3 is 0 Å². The molecule has 0 heterocycles. The highest BCUT2D eigenvalue weighted by Crippen LogP contribution is 2.54. The van der Waals surface area contributed by atoms with E-state index in [1.54, 1.807) is 6.92 Å². The summed E-state index contributed by atoms with van der Waals surface area (Å²) in [6.45, 7) is 8.06. The molecule has 0 saturated heterocycles. The molecule has 274 valence electrons. The maximum atomic E-state index is 12.1. The largest absolute Gasteiger partial charge is 0.507 e. The van der Waals surface area contributed by atoms with Gasteiger partial charge in [0.05, 0.1) is 5.56 Å². The van der Waals surface area contributed by atoms with E-state index in [2.05, 4.69) is 105 Å². The first-order valence-electron chi connectivity index (χ1n) is 19.5. The van der Waals surface area contributed by atoms with Crippen LogP contribution in [0.5, 0.6) is 23.0 Å². The van der Waals surface area contributed by atoms with Crippen LogP contribution < -0.4 is 0 Å². The van der Waals surface area contributed by atoms with Gasteiger partial charge in [-0.15, -0.1) is 0 Å². The smallest absolute Gasteiger partial charge is 0.169 e. The van der Waals surface area contributed by atoms with Gasteiger partial charge in [-0.05, 0) is 158 Å². The van der Waals surface area contributed by atoms with E-state index >= 15 is 0 Å². The highest BCUT2D eigenvalue weighted by molar-refractivity contribution is 6.28. The van der Waals surface area contributed by atoms with E-state index in [-0.39, 0.29) is 28.6 Å². The SMILES string of the molecule is Cc1c(C)c(-c2ccc3ccc4c(-c5c(C)c(O)c(-c6ccc7c(c6)CCCC7)c(O)c5O)ccc5ccc2c3c54)c(O)c(C)c1-c1ccc2ccccc2c1. The number of aryl methyl sites for hydroxylation is 2. The molecule has 0 amide bonds. The molecule has 4 heteroatoms. The fraction of sp³-hybridized carbons (Fsp3) is 0.154. The van der Waals surface area contributed by atoms with Gasteiger partial charge in [0, 0.05) is 16.7 Å². The molecule has 0 aromatic heterocycles. The second-order valence-corrected chi connectivity index (χ2v) is 15.8. The van der Waals surface area contributed by atoms with Crippen LogP contribution in [0.4, 0.5) is 0 Å². The van der Waals surface area contributed by atoms with Crippen molar-refractivity contribution in [2.75, 3.05) is 0 Å². The third-order valence-corrected chi connectivity index (χ3v) is 12.8. The van der Waals surface area contributed by atoms with Crippen molar-refractivity contribution in [2.45, 2.75) is 53.4 Å². The summed E-state index contributed by atoms with van der Waals surface area (Å²) in [4.78, 5) is 0. The molecule has 56 heavy (non-hydrogen) atoms. The molecular weight excluding hydrogens is 689 g/mol. The van der Waals surface area contributed by atoms with Gasteiger partial charge in [-0.1, -0.05) is 103 Å². The van der Waals surface area contributed by atoms with Crippen LogP contribution >= 0.6 is 0 Å². The van der Waals surface area contributed by atoms with Gasteiger partial charge in [0.15, 0.2) is 11.5 Å². The number of aromatic hydroxyl groups is 4. The predicted molar refractivity (Wildman–Crippen MR) is 232 cm³/mol. The van der Waals surface area contributed by atoms with E-state index in [4.69, 9.17) is 0 Å². The lowest BCUT2D eigenvalue weighted by Gasteiger charge is -2.23. The Labute approximate surface area is 325 Å². The molecule has 4 N–H and O–H groups in total. The van der Waals surface area contributed by atoms with E-state index in [1.165, 1.54) is 22.9 Å². The molecule has 0 radical (unpaired) electrons. The molecule has 1 aliphatic rings. The fourth-order valence-corrected chi connectivity index (χ4v) is 9.81. The monoisotopic (exact) mass is 730 g/mol. The van der Waals surface area contributed by atoms with Crippen molar-refractivity contribution in [2.24, 2.45) is 0 Å². The van der Waals surface area contributed by atoms with Crippen molar-refractivity contribution in [3.8, 4) is 67.5 Å². The highest BCUT2D eigenvalue weighted by atomic mass is 16.3. The van der Waals surface area contributed by atoms with E-state index in [9.17, 15) is 20.4 Å². The van der Waals surface area contributed by atoms with Crippen LogP contribution in [0, 0.1) is 27.7 Å². The molecule has 0 unspecified atom stereocenters. The lowest BCUT2D eigenvalue weighted by Crippen LogP contribution is -2.02. The van der Waals surface area contributed by atoms with Gasteiger partial charge < -0.3 is 20.4 Å². The van der Waals surface area contributed by atoms with E-state index in [1.807, 2.05) is 25.1 Å². The molecule has 0 saturated carbocycles. The maximum Gasteiger partial charge on any atom is 0.169 e. The average Bonchev–Trinajstić information content (AvgIpc) is 3.22. The summed E-state index contributed by atoms with van der Waals surface area (Å²) in [5, 5.41) is 55.7. The Morgan fingerprint density at radius 3 is 1.54 bits per heavy atom. The van der Waals surface area contributed by atoms with Gasteiger partial charge in [-0.3, -0.25) is 0 Å². The summed E-state index contributed by atoms with van der Waals surface area (Å²) in [5.41, 5.74) is 12.0. The minimum Gasteiger partial charge on any atom is -0.507 e. The van der Waals surface area contributed by atoms with Crippen LogP contribution in [-0.4, -0.2) is 20.4 Å². The lowest BCUT2D eigenvalue weighted by atomic mass is 9.82. The van der Waals surface area contributed by atoms with Gasteiger partial charge in [0.1, 0.15) is 11.5 Å². The fourth-order valence-electron chi connectivity index (χ4n) is 9.81. The Balaban J connectivity index is 1.16. The van der Waals surface area contributed by atoms with Gasteiger partial charge in [0.25, 0.3) is 0 Å². The molecule has 0 atom stereocenters. The van der Waals surface area contributed by atoms with Gasteiger partial charge in [-0.25, -0.2) is 0 Å². The number of fused-ring (bicyclic) bond motifs is 2. The zero-order valence-electron chi connectivity index (χ0n) is 32.0. The summed E-state index contributed by atoms with van der Waals surface area (Å²) < 4.78 is 0. The summed E-state index contributed by atoms with van der Waals surface area (Å²) in [6.07, 6.45) is 4.28. The topological polar surface area (TPSA) is 80.9 Å². The first-order chi connectivity index (χ1) is 27.1. The summed E-state index contributed by atoms with van der Waals surface area (Å²) in [7, 11) is 0. The quantitative estimate of drug-likeness (QED) is 0.0826. The zero-order chi connectivity index (χ0) is 38.6. The van der Waals surface area contributed by atoms with Crippen molar-refractivity contribution in [1.82, 2.24) is 0 Å². The summed E-state index contributed by atoms with van der Waals surface area (Å²) in [6, 6.07) is 37.6. The molecule has 1 aliphatic carbocycles. The number of phenols is 4. The first-order valence-corrected chi connectivity index (χ1v) is 19.5. The second kappa shape index (κ2) is 12.5. The average molecular weight is 731 g/mol. The molecule has 0 fully saturated rings. The minimum atomic E-state index is -0.323. The Hall–Kier alpha value is -6.52.